The number of nitrogens with two attached hydrogens (primary N) is 1. The summed E-state index contributed by atoms with van der Waals surface area (Å²) in [5.41, 5.74) is 0. The molecular weight excluding hydrogens is 198 g/mol. The lowest BCUT2D eigenvalue weighted by Gasteiger charge is -1.92. The second-order valence-electron chi connectivity index (χ2n) is 2.38. The van der Waals surface area contributed by atoms with Crippen molar-refractivity contribution in [3.63, 3.8) is 0 Å². The number of primary sulfonamides is 1. The minimum absolute atomic E-state index is 0.0138. The van der Waals surface area contributed by atoms with Gasteiger partial charge in [0.05, 0.1) is 0 Å². The number of rotatable bonds is 3. The van der Waals surface area contributed by atoms with E-state index in [4.69, 9.17) is 10.2 Å². The maximum atomic E-state index is 10.6. The van der Waals surface area contributed by atoms with Crippen molar-refractivity contribution < 1.29 is 22.7 Å². The molecule has 0 fully saturated rings. The summed E-state index contributed by atoms with van der Waals surface area (Å²) < 4.78 is 25.8. The van der Waals surface area contributed by atoms with E-state index in [1.165, 1.54) is 12.1 Å². The van der Waals surface area contributed by atoms with Crippen LogP contribution in [0.2, 0.25) is 0 Å². The SMILES string of the molecule is NS(=O)(=O)Cc1ccc(C(=O)O)o1. The Morgan fingerprint density at radius 3 is 2.54 bits per heavy atom. The second kappa shape index (κ2) is 3.19. The number of carboxylic acid groups (broad SMARTS) is 1. The highest BCUT2D eigenvalue weighted by molar-refractivity contribution is 7.88. The lowest BCUT2D eigenvalue weighted by Crippen LogP contribution is -2.13. The van der Waals surface area contributed by atoms with Gasteiger partial charge in [-0.3, -0.25) is 0 Å². The minimum atomic E-state index is -3.68. The molecule has 1 aromatic rings. The highest BCUT2D eigenvalue weighted by Gasteiger charge is 2.12. The van der Waals surface area contributed by atoms with Crippen LogP contribution in [0.15, 0.2) is 16.5 Å². The van der Waals surface area contributed by atoms with Gasteiger partial charge >= 0.3 is 5.97 Å². The number of sulfonamides is 1. The van der Waals surface area contributed by atoms with E-state index in [9.17, 15) is 13.2 Å². The second-order valence-corrected chi connectivity index (χ2v) is 3.99. The molecule has 6 nitrogen and oxygen atoms in total. The zero-order valence-corrected chi connectivity index (χ0v) is 7.24. The van der Waals surface area contributed by atoms with E-state index in [2.05, 4.69) is 4.42 Å². The Morgan fingerprint density at radius 1 is 1.54 bits per heavy atom. The summed E-state index contributed by atoms with van der Waals surface area (Å²) in [4.78, 5) is 10.3. The Morgan fingerprint density at radius 2 is 2.15 bits per heavy atom. The Bertz CT molecular complexity index is 418. The van der Waals surface area contributed by atoms with Gasteiger partial charge in [0.25, 0.3) is 0 Å². The van der Waals surface area contributed by atoms with Crippen molar-refractivity contribution in [2.45, 2.75) is 5.75 Å². The van der Waals surface area contributed by atoms with Crippen LogP contribution < -0.4 is 5.14 Å². The van der Waals surface area contributed by atoms with E-state index in [1.54, 1.807) is 0 Å². The Hall–Kier alpha value is -1.34. The van der Waals surface area contributed by atoms with Gasteiger partial charge in [-0.25, -0.2) is 18.4 Å². The molecule has 1 rings (SSSR count). The van der Waals surface area contributed by atoms with Crippen LogP contribution in [0.5, 0.6) is 0 Å². The Labute approximate surface area is 74.0 Å². The molecule has 1 aromatic heterocycles. The van der Waals surface area contributed by atoms with Gasteiger partial charge in [-0.05, 0) is 12.1 Å². The molecule has 0 aliphatic heterocycles. The van der Waals surface area contributed by atoms with E-state index >= 15 is 0 Å². The molecule has 72 valence electrons. The summed E-state index contributed by atoms with van der Waals surface area (Å²) in [7, 11) is -3.68. The van der Waals surface area contributed by atoms with Crippen molar-refractivity contribution in [3.8, 4) is 0 Å². The monoisotopic (exact) mass is 205 g/mol. The fourth-order valence-electron chi connectivity index (χ4n) is 0.769. The van der Waals surface area contributed by atoms with Crippen LogP contribution >= 0.6 is 0 Å². The van der Waals surface area contributed by atoms with Crippen LogP contribution in [0.4, 0.5) is 0 Å². The van der Waals surface area contributed by atoms with Gasteiger partial charge in [0.1, 0.15) is 11.5 Å². The lowest BCUT2D eigenvalue weighted by atomic mass is 10.4. The molecule has 0 aromatic carbocycles. The lowest BCUT2D eigenvalue weighted by molar-refractivity contribution is 0.0660. The summed E-state index contributed by atoms with van der Waals surface area (Å²) in [6.07, 6.45) is 0. The Kier molecular flexibility index (Phi) is 2.39. The van der Waals surface area contributed by atoms with Gasteiger partial charge in [0.2, 0.25) is 15.8 Å². The molecule has 0 atom stereocenters. The number of furan rings is 1. The molecule has 7 heteroatoms. The quantitative estimate of drug-likeness (QED) is 0.707. The van der Waals surface area contributed by atoms with Crippen LogP contribution in [-0.4, -0.2) is 19.5 Å². The minimum Gasteiger partial charge on any atom is -0.475 e. The maximum absolute atomic E-state index is 10.6. The number of carboxylic acids is 1. The number of hydrogen-bond donors (Lipinski definition) is 2. The van der Waals surface area contributed by atoms with Crippen molar-refractivity contribution in [2.75, 3.05) is 0 Å². The molecule has 0 bridgehead atoms. The van der Waals surface area contributed by atoms with Crippen LogP contribution in [0.1, 0.15) is 16.3 Å². The summed E-state index contributed by atoms with van der Waals surface area (Å²) in [5, 5.41) is 13.1. The topological polar surface area (TPSA) is 111 Å². The molecule has 0 aliphatic carbocycles. The van der Waals surface area contributed by atoms with Crippen molar-refractivity contribution in [2.24, 2.45) is 5.14 Å². The van der Waals surface area contributed by atoms with Crippen molar-refractivity contribution in [3.05, 3.63) is 23.7 Å². The van der Waals surface area contributed by atoms with Crippen LogP contribution in [-0.2, 0) is 15.8 Å². The van der Waals surface area contributed by atoms with E-state index < -0.39 is 21.7 Å². The van der Waals surface area contributed by atoms with Gasteiger partial charge in [0.15, 0.2) is 0 Å². The van der Waals surface area contributed by atoms with E-state index in [1.807, 2.05) is 0 Å². The first kappa shape index (κ1) is 9.75. The van der Waals surface area contributed by atoms with E-state index in [0.717, 1.165) is 0 Å². The molecule has 0 amide bonds. The molecular formula is C6H7NO5S. The molecule has 1 heterocycles. The van der Waals surface area contributed by atoms with Gasteiger partial charge in [-0.2, -0.15) is 0 Å². The standard InChI is InChI=1S/C6H7NO5S/c7-13(10,11)3-4-1-2-5(12-4)6(8)9/h1-2H,3H2,(H,8,9)(H2,7,10,11). The highest BCUT2D eigenvalue weighted by Crippen LogP contribution is 2.09. The van der Waals surface area contributed by atoms with Crippen molar-refractivity contribution in [1.29, 1.82) is 0 Å². The normalized spacial score (nSPS) is 11.5. The third-order valence-corrected chi connectivity index (χ3v) is 1.90. The summed E-state index contributed by atoms with van der Waals surface area (Å²) in [6.45, 7) is 0. The molecule has 0 spiro atoms. The first-order chi connectivity index (χ1) is 5.88. The van der Waals surface area contributed by atoms with Crippen LogP contribution in [0, 0.1) is 0 Å². The van der Waals surface area contributed by atoms with E-state index in [0.29, 0.717) is 0 Å². The third kappa shape index (κ3) is 2.88. The average Bonchev–Trinajstić information content (AvgIpc) is 2.31. The molecule has 0 saturated heterocycles. The number of carbonyl (C=O) groups is 1. The zero-order valence-electron chi connectivity index (χ0n) is 6.43. The molecule has 0 radical (unpaired) electrons. The number of aromatic carboxylic acids is 1. The first-order valence-corrected chi connectivity index (χ1v) is 4.92. The van der Waals surface area contributed by atoms with Gasteiger partial charge in [-0.15, -0.1) is 0 Å². The Balaban J connectivity index is 2.87. The van der Waals surface area contributed by atoms with Crippen LogP contribution in [0.3, 0.4) is 0 Å². The average molecular weight is 205 g/mol. The van der Waals surface area contributed by atoms with Crippen LogP contribution in [0.25, 0.3) is 0 Å². The van der Waals surface area contributed by atoms with Gasteiger partial charge in [0, 0.05) is 0 Å². The maximum Gasteiger partial charge on any atom is 0.371 e. The largest absolute Gasteiger partial charge is 0.475 e. The van der Waals surface area contributed by atoms with E-state index in [-0.39, 0.29) is 11.5 Å². The third-order valence-electron chi connectivity index (χ3n) is 1.22. The first-order valence-electron chi connectivity index (χ1n) is 3.21. The number of hydrogen-bond acceptors (Lipinski definition) is 4. The molecule has 13 heavy (non-hydrogen) atoms. The van der Waals surface area contributed by atoms with Crippen molar-refractivity contribution >= 4 is 16.0 Å². The fraction of sp³-hybridized carbons (Fsp3) is 0.167. The molecule has 3 N–H and O–H groups in total. The molecule has 0 aliphatic rings. The zero-order chi connectivity index (χ0) is 10.1. The fourth-order valence-corrected chi connectivity index (χ4v) is 1.32. The summed E-state index contributed by atoms with van der Waals surface area (Å²) in [5.74, 6) is -2.04. The summed E-state index contributed by atoms with van der Waals surface area (Å²) in [6, 6.07) is 2.43. The van der Waals surface area contributed by atoms with Gasteiger partial charge < -0.3 is 9.52 Å². The smallest absolute Gasteiger partial charge is 0.371 e. The molecule has 0 saturated carbocycles. The summed E-state index contributed by atoms with van der Waals surface area (Å²) >= 11 is 0. The predicted molar refractivity (Wildman–Crippen MR) is 42.5 cm³/mol. The molecule has 0 unspecified atom stereocenters. The predicted octanol–water partition coefficient (Wildman–Crippen LogP) is -0.234. The van der Waals surface area contributed by atoms with Gasteiger partial charge in [-0.1, -0.05) is 0 Å². The van der Waals surface area contributed by atoms with Crippen molar-refractivity contribution in [1.82, 2.24) is 0 Å². The highest BCUT2D eigenvalue weighted by atomic mass is 32.2.